The highest BCUT2D eigenvalue weighted by atomic mass is 35.5. The summed E-state index contributed by atoms with van der Waals surface area (Å²) in [6.07, 6.45) is 2.84. The second-order valence-electron chi connectivity index (χ2n) is 6.83. The van der Waals surface area contributed by atoms with Crippen LogP contribution in [0.25, 0.3) is 0 Å². The number of nitrogens with one attached hydrogen (secondary N) is 2. The number of amides is 1. The van der Waals surface area contributed by atoms with Crippen LogP contribution in [-0.4, -0.2) is 47.8 Å². The Kier molecular flexibility index (Phi) is 6.71. The second-order valence-corrected chi connectivity index (χ2v) is 10.8. The Morgan fingerprint density at radius 2 is 1.57 bits per heavy atom. The zero-order chi connectivity index (χ0) is 21.9. The molecule has 0 unspecified atom stereocenters. The van der Waals surface area contributed by atoms with Crippen LogP contribution in [0.1, 0.15) is 29.6 Å². The van der Waals surface area contributed by atoms with Gasteiger partial charge >= 0.3 is 0 Å². The number of halogens is 1. The molecule has 1 heterocycles. The van der Waals surface area contributed by atoms with E-state index in [1.165, 1.54) is 43.4 Å². The van der Waals surface area contributed by atoms with Gasteiger partial charge in [0, 0.05) is 18.1 Å². The molecule has 0 aromatic heterocycles. The van der Waals surface area contributed by atoms with Gasteiger partial charge in [-0.3, -0.25) is 9.52 Å². The highest BCUT2D eigenvalue weighted by molar-refractivity contribution is 7.93. The number of piperidine rings is 1. The molecule has 0 spiro atoms. The van der Waals surface area contributed by atoms with E-state index in [0.29, 0.717) is 13.1 Å². The number of nitrogens with zero attached hydrogens (tertiary/aromatic N) is 1. The standard InChI is InChI=1S/C19H22ClN3O5S2/c1-21-29(25,26)15-6-5-7-16(13-15)30(27,28)22-18-12-14(20)8-9-17(18)19(24)23-10-3-2-4-11-23/h5-9,12-13,21-22H,2-4,10-11H2,1H3. The van der Waals surface area contributed by atoms with Gasteiger partial charge in [0.05, 0.1) is 21.0 Å². The van der Waals surface area contributed by atoms with Crippen LogP contribution >= 0.6 is 11.6 Å². The van der Waals surface area contributed by atoms with Gasteiger partial charge in [-0.25, -0.2) is 21.6 Å². The smallest absolute Gasteiger partial charge is 0.261 e. The topological polar surface area (TPSA) is 113 Å². The van der Waals surface area contributed by atoms with Gasteiger partial charge in [0.1, 0.15) is 0 Å². The van der Waals surface area contributed by atoms with Crippen LogP contribution in [0.3, 0.4) is 0 Å². The lowest BCUT2D eigenvalue weighted by Crippen LogP contribution is -2.36. The van der Waals surface area contributed by atoms with Gasteiger partial charge in [0.2, 0.25) is 10.0 Å². The van der Waals surface area contributed by atoms with E-state index in [1.54, 1.807) is 4.90 Å². The lowest BCUT2D eigenvalue weighted by molar-refractivity contribution is 0.0725. The fourth-order valence-electron chi connectivity index (χ4n) is 3.18. The summed E-state index contributed by atoms with van der Waals surface area (Å²) in [5.41, 5.74) is 0.226. The minimum Gasteiger partial charge on any atom is -0.339 e. The van der Waals surface area contributed by atoms with Crippen LogP contribution in [0.15, 0.2) is 52.3 Å². The molecule has 8 nitrogen and oxygen atoms in total. The summed E-state index contributed by atoms with van der Waals surface area (Å²) in [4.78, 5) is 14.2. The summed E-state index contributed by atoms with van der Waals surface area (Å²) in [5.74, 6) is -0.282. The van der Waals surface area contributed by atoms with E-state index in [9.17, 15) is 21.6 Å². The normalized spacial score (nSPS) is 15.1. The number of hydrogen-bond donors (Lipinski definition) is 2. The van der Waals surface area contributed by atoms with Crippen LogP contribution in [0.2, 0.25) is 5.02 Å². The summed E-state index contributed by atoms with van der Waals surface area (Å²) < 4.78 is 54.4. The van der Waals surface area contributed by atoms with E-state index in [4.69, 9.17) is 11.6 Å². The minimum absolute atomic E-state index is 0.0416. The summed E-state index contributed by atoms with van der Waals surface area (Å²) in [5, 5.41) is 0.259. The van der Waals surface area contributed by atoms with Crippen molar-refractivity contribution in [1.29, 1.82) is 0 Å². The van der Waals surface area contributed by atoms with Crippen LogP contribution in [0, 0.1) is 0 Å². The second kappa shape index (κ2) is 8.93. The number of benzene rings is 2. The van der Waals surface area contributed by atoms with Crippen molar-refractivity contribution in [3.8, 4) is 0 Å². The lowest BCUT2D eigenvalue weighted by atomic mass is 10.1. The van der Waals surface area contributed by atoms with E-state index >= 15 is 0 Å². The Morgan fingerprint density at radius 1 is 0.933 bits per heavy atom. The highest BCUT2D eigenvalue weighted by Crippen LogP contribution is 2.27. The first-order valence-corrected chi connectivity index (χ1v) is 12.6. The van der Waals surface area contributed by atoms with E-state index in [2.05, 4.69) is 9.44 Å². The third-order valence-electron chi connectivity index (χ3n) is 4.79. The van der Waals surface area contributed by atoms with Crippen molar-refractivity contribution in [3.63, 3.8) is 0 Å². The SMILES string of the molecule is CNS(=O)(=O)c1cccc(S(=O)(=O)Nc2cc(Cl)ccc2C(=O)N2CCCCC2)c1. The number of rotatable bonds is 6. The van der Waals surface area contributed by atoms with E-state index in [-0.39, 0.29) is 32.0 Å². The van der Waals surface area contributed by atoms with Crippen LogP contribution in [-0.2, 0) is 20.0 Å². The molecule has 1 amide bonds. The van der Waals surface area contributed by atoms with Gasteiger partial charge < -0.3 is 4.90 Å². The molecule has 11 heteroatoms. The predicted molar refractivity (Wildman–Crippen MR) is 115 cm³/mol. The van der Waals surface area contributed by atoms with Crippen LogP contribution < -0.4 is 9.44 Å². The largest absolute Gasteiger partial charge is 0.339 e. The Balaban J connectivity index is 1.96. The maximum Gasteiger partial charge on any atom is 0.261 e. The first-order valence-electron chi connectivity index (χ1n) is 9.29. The molecule has 1 aliphatic rings. The van der Waals surface area contributed by atoms with Gasteiger partial charge in [0.25, 0.3) is 15.9 Å². The molecule has 0 bridgehead atoms. The molecule has 2 N–H and O–H groups in total. The molecule has 2 aromatic carbocycles. The van der Waals surface area contributed by atoms with Gasteiger partial charge in [-0.05, 0) is 62.7 Å². The Bertz CT molecular complexity index is 1160. The van der Waals surface area contributed by atoms with E-state index in [1.807, 2.05) is 0 Å². The molecule has 1 aliphatic heterocycles. The molecule has 0 aliphatic carbocycles. The average molecular weight is 472 g/mol. The molecular formula is C19H22ClN3O5S2. The van der Waals surface area contributed by atoms with Crippen molar-refractivity contribution in [2.75, 3.05) is 24.9 Å². The summed E-state index contributed by atoms with van der Waals surface area (Å²) in [7, 11) is -6.76. The van der Waals surface area contributed by atoms with Crippen molar-refractivity contribution in [2.45, 2.75) is 29.1 Å². The number of carbonyl (C=O) groups excluding carboxylic acids is 1. The third-order valence-corrected chi connectivity index (χ3v) is 7.80. The van der Waals surface area contributed by atoms with Crippen molar-refractivity contribution >= 4 is 43.2 Å². The molecule has 3 rings (SSSR count). The van der Waals surface area contributed by atoms with E-state index in [0.717, 1.165) is 25.3 Å². The molecule has 0 radical (unpaired) electrons. The van der Waals surface area contributed by atoms with E-state index < -0.39 is 20.0 Å². The van der Waals surface area contributed by atoms with Gasteiger partial charge in [0.15, 0.2) is 0 Å². The maximum absolute atomic E-state index is 12.9. The highest BCUT2D eigenvalue weighted by Gasteiger charge is 2.24. The van der Waals surface area contributed by atoms with Gasteiger partial charge in [-0.1, -0.05) is 17.7 Å². The first-order chi connectivity index (χ1) is 14.1. The van der Waals surface area contributed by atoms with Gasteiger partial charge in [-0.2, -0.15) is 0 Å². The zero-order valence-electron chi connectivity index (χ0n) is 16.3. The molecule has 1 saturated heterocycles. The zero-order valence-corrected chi connectivity index (χ0v) is 18.6. The van der Waals surface area contributed by atoms with Crippen molar-refractivity contribution in [3.05, 3.63) is 53.1 Å². The number of likely N-dealkylation sites (tertiary alicyclic amines) is 1. The Labute approximate surface area is 181 Å². The number of hydrogen-bond acceptors (Lipinski definition) is 5. The molecular weight excluding hydrogens is 450 g/mol. The van der Waals surface area contributed by atoms with Crippen molar-refractivity contribution < 1.29 is 21.6 Å². The molecule has 162 valence electrons. The fourth-order valence-corrected chi connectivity index (χ4v) is 5.32. The quantitative estimate of drug-likeness (QED) is 0.672. The molecule has 0 atom stereocenters. The van der Waals surface area contributed by atoms with Crippen LogP contribution in [0.4, 0.5) is 5.69 Å². The molecule has 2 aromatic rings. The Morgan fingerprint density at radius 3 is 2.20 bits per heavy atom. The summed E-state index contributed by atoms with van der Waals surface area (Å²) >= 11 is 6.04. The van der Waals surface area contributed by atoms with Crippen LogP contribution in [0.5, 0.6) is 0 Å². The predicted octanol–water partition coefficient (Wildman–Crippen LogP) is 2.68. The molecule has 30 heavy (non-hydrogen) atoms. The van der Waals surface area contributed by atoms with Gasteiger partial charge in [-0.15, -0.1) is 0 Å². The van der Waals surface area contributed by atoms with Crippen molar-refractivity contribution in [2.24, 2.45) is 0 Å². The lowest BCUT2D eigenvalue weighted by Gasteiger charge is -2.27. The molecule has 0 saturated carbocycles. The summed E-state index contributed by atoms with van der Waals surface area (Å²) in [6, 6.07) is 9.31. The number of sulfonamides is 2. The number of carbonyl (C=O) groups is 1. The molecule has 1 fully saturated rings. The fraction of sp³-hybridized carbons (Fsp3) is 0.316. The third kappa shape index (κ3) is 4.94. The van der Waals surface area contributed by atoms with Crippen molar-refractivity contribution in [1.82, 2.24) is 9.62 Å². The first kappa shape index (κ1) is 22.5. The summed E-state index contributed by atoms with van der Waals surface area (Å²) in [6.45, 7) is 1.22. The minimum atomic E-state index is -4.18. The maximum atomic E-state index is 12.9. The number of anilines is 1. The monoisotopic (exact) mass is 471 g/mol. The average Bonchev–Trinajstić information content (AvgIpc) is 2.74. The Hall–Kier alpha value is -2.14.